The highest BCUT2D eigenvalue weighted by atomic mass is 16.5. The number of nitrogens with one attached hydrogen (secondary N) is 1. The number of ether oxygens (including phenoxy) is 2. The molecule has 3 N–H and O–H groups in total. The Bertz CT molecular complexity index is 1080. The summed E-state index contributed by atoms with van der Waals surface area (Å²) in [5.74, 6) is -1.04. The monoisotopic (exact) mass is 432 g/mol. The number of esters is 1. The van der Waals surface area contributed by atoms with Gasteiger partial charge in [-0.3, -0.25) is 9.59 Å². The van der Waals surface area contributed by atoms with E-state index in [1.165, 1.54) is 19.2 Å². The van der Waals surface area contributed by atoms with E-state index in [9.17, 15) is 14.4 Å². The lowest BCUT2D eigenvalue weighted by Gasteiger charge is -2.16. The van der Waals surface area contributed by atoms with Crippen LogP contribution in [0.5, 0.6) is 5.75 Å². The maximum absolute atomic E-state index is 12.6. The zero-order valence-corrected chi connectivity index (χ0v) is 17.6. The Morgan fingerprint density at radius 1 is 0.875 bits per heavy atom. The van der Waals surface area contributed by atoms with Crippen LogP contribution in [0.1, 0.15) is 31.8 Å². The Balaban J connectivity index is 1.62. The standard InChI is InChI=1S/C25H24N2O5/c1-31-25(30)20-9-5-8-19(15-20)24(29)27-22(23(26)28)14-17-10-12-21(13-11-17)32-16-18-6-3-2-4-7-18/h2-13,15,22H,14,16H2,1H3,(H2,26,28)(H,27,29)/t22-/m1/s1. The van der Waals surface area contributed by atoms with Crippen LogP contribution >= 0.6 is 0 Å². The Kier molecular flexibility index (Phi) is 7.59. The van der Waals surface area contributed by atoms with Crippen molar-refractivity contribution in [1.82, 2.24) is 5.32 Å². The number of nitrogens with two attached hydrogens (primary N) is 1. The first kappa shape index (κ1) is 22.6. The van der Waals surface area contributed by atoms with E-state index < -0.39 is 23.8 Å². The molecule has 1 atom stereocenters. The zero-order valence-electron chi connectivity index (χ0n) is 17.6. The highest BCUT2D eigenvalue weighted by Crippen LogP contribution is 2.16. The van der Waals surface area contributed by atoms with Crippen LogP contribution in [0, 0.1) is 0 Å². The lowest BCUT2D eigenvalue weighted by molar-refractivity contribution is -0.119. The van der Waals surface area contributed by atoms with Crippen LogP contribution in [0.25, 0.3) is 0 Å². The molecule has 0 aromatic heterocycles. The van der Waals surface area contributed by atoms with Crippen LogP contribution in [-0.4, -0.2) is 30.9 Å². The van der Waals surface area contributed by atoms with Gasteiger partial charge in [0, 0.05) is 12.0 Å². The van der Waals surface area contributed by atoms with Crippen molar-refractivity contribution in [2.45, 2.75) is 19.1 Å². The number of carbonyl (C=O) groups excluding carboxylic acids is 3. The molecule has 0 aliphatic heterocycles. The van der Waals surface area contributed by atoms with Gasteiger partial charge in [0.25, 0.3) is 5.91 Å². The summed E-state index contributed by atoms with van der Waals surface area (Å²) in [6, 6.07) is 22.2. The van der Waals surface area contributed by atoms with Gasteiger partial charge >= 0.3 is 5.97 Å². The van der Waals surface area contributed by atoms with Gasteiger partial charge < -0.3 is 20.5 Å². The van der Waals surface area contributed by atoms with Crippen molar-refractivity contribution < 1.29 is 23.9 Å². The summed E-state index contributed by atoms with van der Waals surface area (Å²) in [4.78, 5) is 36.2. The van der Waals surface area contributed by atoms with Crippen LogP contribution in [0.4, 0.5) is 0 Å². The molecule has 3 aromatic carbocycles. The van der Waals surface area contributed by atoms with Crippen molar-refractivity contribution in [1.29, 1.82) is 0 Å². The minimum atomic E-state index is -0.916. The molecule has 7 nitrogen and oxygen atoms in total. The summed E-state index contributed by atoms with van der Waals surface area (Å²) in [5.41, 5.74) is 7.83. The molecular weight excluding hydrogens is 408 g/mol. The van der Waals surface area contributed by atoms with E-state index in [1.807, 2.05) is 42.5 Å². The first-order valence-electron chi connectivity index (χ1n) is 10.0. The van der Waals surface area contributed by atoms with Crippen molar-refractivity contribution in [2.75, 3.05) is 7.11 Å². The van der Waals surface area contributed by atoms with Gasteiger partial charge in [0.2, 0.25) is 5.91 Å². The fourth-order valence-electron chi connectivity index (χ4n) is 3.07. The Hall–Kier alpha value is -4.13. The van der Waals surface area contributed by atoms with E-state index in [1.54, 1.807) is 24.3 Å². The zero-order chi connectivity index (χ0) is 22.9. The maximum atomic E-state index is 12.6. The lowest BCUT2D eigenvalue weighted by Crippen LogP contribution is -2.45. The molecule has 2 amide bonds. The lowest BCUT2D eigenvalue weighted by atomic mass is 10.0. The maximum Gasteiger partial charge on any atom is 0.337 e. The smallest absolute Gasteiger partial charge is 0.337 e. The number of carbonyl (C=O) groups is 3. The highest BCUT2D eigenvalue weighted by Gasteiger charge is 2.20. The largest absolute Gasteiger partial charge is 0.489 e. The molecule has 0 unspecified atom stereocenters. The fraction of sp³-hybridized carbons (Fsp3) is 0.160. The Morgan fingerprint density at radius 2 is 1.56 bits per heavy atom. The average Bonchev–Trinajstić information content (AvgIpc) is 2.83. The van der Waals surface area contributed by atoms with Gasteiger partial charge in [-0.05, 0) is 41.5 Å². The molecule has 0 heterocycles. The highest BCUT2D eigenvalue weighted by molar-refractivity contribution is 5.99. The number of methoxy groups -OCH3 is 1. The van der Waals surface area contributed by atoms with Gasteiger partial charge in [-0.2, -0.15) is 0 Å². The van der Waals surface area contributed by atoms with Crippen LogP contribution in [-0.2, 0) is 22.6 Å². The normalized spacial score (nSPS) is 11.3. The van der Waals surface area contributed by atoms with Crippen molar-refractivity contribution >= 4 is 17.8 Å². The van der Waals surface area contributed by atoms with Crippen LogP contribution in [0.15, 0.2) is 78.9 Å². The van der Waals surface area contributed by atoms with Gasteiger partial charge in [0.05, 0.1) is 12.7 Å². The summed E-state index contributed by atoms with van der Waals surface area (Å²) >= 11 is 0. The van der Waals surface area contributed by atoms with Crippen molar-refractivity contribution in [3.8, 4) is 5.75 Å². The molecule has 0 spiro atoms. The predicted octanol–water partition coefficient (Wildman–Crippen LogP) is 2.88. The van der Waals surface area contributed by atoms with E-state index in [0.717, 1.165) is 11.1 Å². The van der Waals surface area contributed by atoms with Crippen LogP contribution in [0.2, 0.25) is 0 Å². The SMILES string of the molecule is COC(=O)c1cccc(C(=O)N[C@H](Cc2ccc(OCc3ccccc3)cc2)C(N)=O)c1. The summed E-state index contributed by atoms with van der Waals surface area (Å²) in [6.07, 6.45) is 0.219. The van der Waals surface area contributed by atoms with Gasteiger partial charge in [-0.15, -0.1) is 0 Å². The van der Waals surface area contributed by atoms with Gasteiger partial charge in [-0.1, -0.05) is 48.5 Å². The first-order valence-corrected chi connectivity index (χ1v) is 10.0. The van der Waals surface area contributed by atoms with Gasteiger partial charge in [-0.25, -0.2) is 4.79 Å². The first-order chi connectivity index (χ1) is 15.5. The molecule has 0 saturated heterocycles. The summed E-state index contributed by atoms with van der Waals surface area (Å²) < 4.78 is 10.4. The molecule has 3 aromatic rings. The van der Waals surface area contributed by atoms with Crippen molar-refractivity contribution in [3.63, 3.8) is 0 Å². The van der Waals surface area contributed by atoms with E-state index in [0.29, 0.717) is 12.4 Å². The van der Waals surface area contributed by atoms with E-state index in [4.69, 9.17) is 10.5 Å². The van der Waals surface area contributed by atoms with Crippen LogP contribution < -0.4 is 15.8 Å². The third kappa shape index (κ3) is 6.18. The molecule has 0 saturated carbocycles. The van der Waals surface area contributed by atoms with E-state index in [2.05, 4.69) is 10.1 Å². The molecule has 3 rings (SSSR count). The van der Waals surface area contributed by atoms with Gasteiger partial charge in [0.15, 0.2) is 0 Å². The predicted molar refractivity (Wildman–Crippen MR) is 119 cm³/mol. The number of hydrogen-bond donors (Lipinski definition) is 2. The second kappa shape index (κ2) is 10.8. The molecule has 0 aliphatic rings. The molecular formula is C25H24N2O5. The number of amides is 2. The summed E-state index contributed by atoms with van der Waals surface area (Å²) in [6.45, 7) is 0.449. The minimum absolute atomic E-state index is 0.219. The minimum Gasteiger partial charge on any atom is -0.489 e. The molecule has 0 radical (unpaired) electrons. The number of primary amides is 1. The average molecular weight is 432 g/mol. The second-order valence-electron chi connectivity index (χ2n) is 7.12. The molecule has 0 bridgehead atoms. The third-order valence-electron chi connectivity index (χ3n) is 4.81. The van der Waals surface area contributed by atoms with Crippen molar-refractivity contribution in [3.05, 3.63) is 101 Å². The molecule has 164 valence electrons. The Labute approximate surface area is 186 Å². The third-order valence-corrected chi connectivity index (χ3v) is 4.81. The van der Waals surface area contributed by atoms with Crippen LogP contribution in [0.3, 0.4) is 0 Å². The fourth-order valence-corrected chi connectivity index (χ4v) is 3.07. The molecule has 7 heteroatoms. The topological polar surface area (TPSA) is 108 Å². The summed E-state index contributed by atoms with van der Waals surface area (Å²) in [7, 11) is 1.26. The second-order valence-corrected chi connectivity index (χ2v) is 7.12. The van der Waals surface area contributed by atoms with Gasteiger partial charge in [0.1, 0.15) is 18.4 Å². The quantitative estimate of drug-likeness (QED) is 0.506. The van der Waals surface area contributed by atoms with Crippen molar-refractivity contribution in [2.24, 2.45) is 5.73 Å². The van der Waals surface area contributed by atoms with E-state index in [-0.39, 0.29) is 17.5 Å². The molecule has 0 aliphatic carbocycles. The number of rotatable bonds is 9. The molecule has 32 heavy (non-hydrogen) atoms. The summed E-state index contributed by atoms with van der Waals surface area (Å²) in [5, 5.41) is 2.63. The van der Waals surface area contributed by atoms with E-state index >= 15 is 0 Å². The Morgan fingerprint density at radius 3 is 2.22 bits per heavy atom. The number of hydrogen-bond acceptors (Lipinski definition) is 5. The number of benzene rings is 3. The molecule has 0 fully saturated rings.